The van der Waals surface area contributed by atoms with Gasteiger partial charge in [-0.15, -0.1) is 0 Å². The molecule has 0 aliphatic carbocycles. The van der Waals surface area contributed by atoms with Gasteiger partial charge in [0.05, 0.1) is 25.2 Å². The second-order valence-corrected chi connectivity index (χ2v) is 9.38. The molecule has 0 spiro atoms. The highest BCUT2D eigenvalue weighted by Crippen LogP contribution is 2.18. The molecule has 3 rings (SSSR count). The summed E-state index contributed by atoms with van der Waals surface area (Å²) in [7, 11) is -1.96. The van der Waals surface area contributed by atoms with Crippen molar-refractivity contribution in [3.8, 4) is 5.75 Å². The largest absolute Gasteiger partial charge is 0.497 e. The number of methoxy groups -OCH3 is 1. The van der Waals surface area contributed by atoms with Gasteiger partial charge < -0.3 is 14.8 Å². The number of rotatable bonds is 10. The van der Waals surface area contributed by atoms with E-state index >= 15 is 0 Å². The van der Waals surface area contributed by atoms with Crippen LogP contribution in [0.1, 0.15) is 35.2 Å². The van der Waals surface area contributed by atoms with Crippen molar-refractivity contribution in [3.63, 3.8) is 0 Å². The quantitative estimate of drug-likeness (QED) is 0.546. The lowest BCUT2D eigenvalue weighted by Crippen LogP contribution is -2.40. The van der Waals surface area contributed by atoms with Gasteiger partial charge in [-0.25, -0.2) is 8.42 Å². The molecule has 0 saturated carbocycles. The number of carbonyl (C=O) groups excluding carboxylic acids is 2. The molecule has 1 saturated heterocycles. The fraction of sp³-hybridized carbons (Fsp3) is 0.391. The van der Waals surface area contributed by atoms with Gasteiger partial charge in [-0.1, -0.05) is 12.1 Å². The lowest BCUT2D eigenvalue weighted by atomic mass is 10.1. The van der Waals surface area contributed by atoms with E-state index in [0.717, 1.165) is 5.56 Å². The van der Waals surface area contributed by atoms with Gasteiger partial charge in [-0.3, -0.25) is 9.59 Å². The van der Waals surface area contributed by atoms with E-state index in [-0.39, 0.29) is 29.4 Å². The maximum Gasteiger partial charge on any atom is 0.243 e. The maximum absolute atomic E-state index is 12.6. The summed E-state index contributed by atoms with van der Waals surface area (Å²) in [6.07, 6.45) is 0.979. The van der Waals surface area contributed by atoms with Crippen molar-refractivity contribution in [3.05, 3.63) is 59.7 Å². The van der Waals surface area contributed by atoms with Crippen LogP contribution in [0.3, 0.4) is 0 Å². The summed E-state index contributed by atoms with van der Waals surface area (Å²) in [6, 6.07) is 13.4. The second kappa shape index (κ2) is 11.2. The number of benzene rings is 2. The summed E-state index contributed by atoms with van der Waals surface area (Å²) in [6.45, 7) is 1.79. The van der Waals surface area contributed by atoms with E-state index in [1.165, 1.54) is 4.31 Å². The third-order valence-electron chi connectivity index (χ3n) is 5.24. The van der Waals surface area contributed by atoms with Gasteiger partial charge in [0, 0.05) is 38.0 Å². The number of hydrogen-bond acceptors (Lipinski definition) is 6. The van der Waals surface area contributed by atoms with Crippen LogP contribution in [0.25, 0.3) is 0 Å². The van der Waals surface area contributed by atoms with Crippen molar-refractivity contribution in [1.82, 2.24) is 9.62 Å². The second-order valence-electron chi connectivity index (χ2n) is 7.44. The first-order chi connectivity index (χ1) is 15.4. The van der Waals surface area contributed by atoms with Crippen LogP contribution >= 0.6 is 0 Å². The summed E-state index contributed by atoms with van der Waals surface area (Å²) < 4.78 is 37.0. The number of nitrogens with zero attached hydrogens (tertiary/aromatic N) is 1. The first kappa shape index (κ1) is 23.9. The highest BCUT2D eigenvalue weighted by atomic mass is 32.2. The first-order valence-electron chi connectivity index (χ1n) is 10.5. The Balaban J connectivity index is 1.42. The molecule has 0 radical (unpaired) electrons. The Kier molecular flexibility index (Phi) is 8.38. The van der Waals surface area contributed by atoms with Crippen molar-refractivity contribution in [1.29, 1.82) is 0 Å². The highest BCUT2D eigenvalue weighted by Gasteiger charge is 2.26. The van der Waals surface area contributed by atoms with Crippen LogP contribution in [0.5, 0.6) is 5.75 Å². The minimum absolute atomic E-state index is 0.0162. The standard InChI is InChI=1S/C23H28N2O6S/c1-30-20-9-7-19(8-10-20)22(26)3-2-4-23(27)24-17-18-5-11-21(12-6-18)32(28,29)25-13-15-31-16-14-25/h5-12H,2-4,13-17H2,1H3,(H,24,27). The molecule has 1 aliphatic heterocycles. The number of morpholine rings is 1. The molecule has 172 valence electrons. The van der Waals surface area contributed by atoms with Gasteiger partial charge >= 0.3 is 0 Å². The molecule has 0 atom stereocenters. The third kappa shape index (κ3) is 6.38. The van der Waals surface area contributed by atoms with Crippen LogP contribution < -0.4 is 10.1 Å². The third-order valence-corrected chi connectivity index (χ3v) is 7.15. The fourth-order valence-corrected chi connectivity index (χ4v) is 4.74. The van der Waals surface area contributed by atoms with Crippen LogP contribution in [0.2, 0.25) is 0 Å². The van der Waals surface area contributed by atoms with Crippen molar-refractivity contribution in [2.45, 2.75) is 30.7 Å². The average molecular weight is 461 g/mol. The number of ketones is 1. The lowest BCUT2D eigenvalue weighted by molar-refractivity contribution is -0.121. The Morgan fingerprint density at radius 3 is 2.28 bits per heavy atom. The molecule has 8 nitrogen and oxygen atoms in total. The van der Waals surface area contributed by atoms with E-state index in [4.69, 9.17) is 9.47 Å². The monoisotopic (exact) mass is 460 g/mol. The molecule has 1 fully saturated rings. The molecule has 1 heterocycles. The number of Topliss-reactive ketones (excluding diaryl/α,β-unsaturated/α-hetero) is 1. The predicted octanol–water partition coefficient (Wildman–Crippen LogP) is 2.39. The van der Waals surface area contributed by atoms with Crippen molar-refractivity contribution in [2.24, 2.45) is 0 Å². The Morgan fingerprint density at radius 2 is 1.66 bits per heavy atom. The predicted molar refractivity (Wildman–Crippen MR) is 119 cm³/mol. The van der Waals surface area contributed by atoms with E-state index in [1.807, 2.05) is 0 Å². The topological polar surface area (TPSA) is 102 Å². The minimum Gasteiger partial charge on any atom is -0.497 e. The Labute approximate surface area is 188 Å². The van der Waals surface area contributed by atoms with E-state index in [9.17, 15) is 18.0 Å². The van der Waals surface area contributed by atoms with Crippen molar-refractivity contribution < 1.29 is 27.5 Å². The van der Waals surface area contributed by atoms with E-state index < -0.39 is 10.0 Å². The Bertz CT molecular complexity index is 1010. The summed E-state index contributed by atoms with van der Waals surface area (Å²) in [4.78, 5) is 24.5. The van der Waals surface area contributed by atoms with Crippen molar-refractivity contribution >= 4 is 21.7 Å². The molecule has 1 N–H and O–H groups in total. The molecule has 0 aromatic heterocycles. The molecule has 1 aliphatic rings. The molecule has 0 unspecified atom stereocenters. The van der Waals surface area contributed by atoms with Crippen molar-refractivity contribution in [2.75, 3.05) is 33.4 Å². The number of sulfonamides is 1. The molecule has 32 heavy (non-hydrogen) atoms. The lowest BCUT2D eigenvalue weighted by Gasteiger charge is -2.26. The minimum atomic E-state index is -3.53. The van der Waals surface area contributed by atoms with Gasteiger partial charge in [0.15, 0.2) is 5.78 Å². The SMILES string of the molecule is COc1ccc(C(=O)CCCC(=O)NCc2ccc(S(=O)(=O)N3CCOCC3)cc2)cc1. The summed E-state index contributed by atoms with van der Waals surface area (Å²) in [5, 5.41) is 2.81. The summed E-state index contributed by atoms with van der Waals surface area (Å²) in [5.74, 6) is 0.516. The van der Waals surface area contributed by atoms with Gasteiger partial charge in [-0.2, -0.15) is 4.31 Å². The van der Waals surface area contributed by atoms with E-state index in [1.54, 1.807) is 55.6 Å². The van der Waals surface area contributed by atoms with Crippen LogP contribution in [0.4, 0.5) is 0 Å². The Hall–Kier alpha value is -2.75. The zero-order valence-corrected chi connectivity index (χ0v) is 18.9. The molecule has 9 heteroatoms. The normalized spacial score (nSPS) is 14.7. The number of nitrogens with one attached hydrogen (secondary N) is 1. The van der Waals surface area contributed by atoms with Gasteiger partial charge in [0.2, 0.25) is 15.9 Å². The maximum atomic E-state index is 12.6. The number of amides is 1. The summed E-state index contributed by atoms with van der Waals surface area (Å²) in [5.41, 5.74) is 1.40. The molecule has 2 aromatic rings. The van der Waals surface area contributed by atoms with E-state index in [2.05, 4.69) is 5.32 Å². The van der Waals surface area contributed by atoms with Crippen LogP contribution in [-0.4, -0.2) is 57.8 Å². The number of carbonyl (C=O) groups is 2. The highest BCUT2D eigenvalue weighted by molar-refractivity contribution is 7.89. The molecule has 1 amide bonds. The van der Waals surface area contributed by atoms with E-state index in [0.29, 0.717) is 50.6 Å². The number of hydrogen-bond donors (Lipinski definition) is 1. The smallest absolute Gasteiger partial charge is 0.243 e. The molecule has 0 bridgehead atoms. The average Bonchev–Trinajstić information content (AvgIpc) is 2.83. The van der Waals surface area contributed by atoms with Crippen LogP contribution in [0.15, 0.2) is 53.4 Å². The summed E-state index contributed by atoms with van der Waals surface area (Å²) >= 11 is 0. The van der Waals surface area contributed by atoms with Crippen LogP contribution in [-0.2, 0) is 26.1 Å². The van der Waals surface area contributed by atoms with Gasteiger partial charge in [0.25, 0.3) is 0 Å². The Morgan fingerprint density at radius 1 is 1.00 bits per heavy atom. The van der Waals surface area contributed by atoms with Crippen LogP contribution in [0, 0.1) is 0 Å². The zero-order valence-electron chi connectivity index (χ0n) is 18.1. The molecular weight excluding hydrogens is 432 g/mol. The number of ether oxygens (including phenoxy) is 2. The first-order valence-corrected chi connectivity index (χ1v) is 11.9. The fourth-order valence-electron chi connectivity index (χ4n) is 3.34. The molecular formula is C23H28N2O6S. The zero-order chi connectivity index (χ0) is 23.0. The van der Waals surface area contributed by atoms with Gasteiger partial charge in [-0.05, 0) is 48.4 Å². The molecule has 2 aromatic carbocycles. The van der Waals surface area contributed by atoms with Gasteiger partial charge in [0.1, 0.15) is 5.75 Å².